The van der Waals surface area contributed by atoms with Crippen molar-refractivity contribution in [2.24, 2.45) is 5.84 Å². The summed E-state index contributed by atoms with van der Waals surface area (Å²) in [5, 5.41) is 0. The Bertz CT molecular complexity index is 513. The summed E-state index contributed by atoms with van der Waals surface area (Å²) >= 11 is 0. The summed E-state index contributed by atoms with van der Waals surface area (Å²) in [6, 6.07) is 9.41. The Labute approximate surface area is 106 Å². The van der Waals surface area contributed by atoms with E-state index >= 15 is 0 Å². The van der Waals surface area contributed by atoms with Crippen molar-refractivity contribution >= 4 is 0 Å². The molecule has 0 amide bonds. The van der Waals surface area contributed by atoms with E-state index in [1.165, 1.54) is 0 Å². The highest BCUT2D eigenvalue weighted by Crippen LogP contribution is 2.21. The Morgan fingerprint density at radius 3 is 2.50 bits per heavy atom. The van der Waals surface area contributed by atoms with Crippen molar-refractivity contribution in [2.45, 2.75) is 13.0 Å². The first-order chi connectivity index (χ1) is 8.74. The topological polar surface area (TPSA) is 73.1 Å². The first-order valence-electron chi connectivity index (χ1n) is 5.64. The fourth-order valence-corrected chi connectivity index (χ4v) is 1.78. The van der Waals surface area contributed by atoms with Crippen molar-refractivity contribution in [3.63, 3.8) is 0 Å². The fraction of sp³-hybridized carbons (Fsp3) is 0.231. The van der Waals surface area contributed by atoms with E-state index in [2.05, 4.69) is 15.4 Å². The Kier molecular flexibility index (Phi) is 3.86. The molecule has 3 N–H and O–H groups in total. The predicted molar refractivity (Wildman–Crippen MR) is 68.9 cm³/mol. The van der Waals surface area contributed by atoms with Gasteiger partial charge in [0, 0.05) is 6.20 Å². The molecule has 0 saturated carbocycles. The zero-order valence-corrected chi connectivity index (χ0v) is 10.4. The smallest absolute Gasteiger partial charge is 0.125 e. The molecule has 1 heterocycles. The first-order valence-corrected chi connectivity index (χ1v) is 5.64. The number of benzene rings is 1. The zero-order valence-electron chi connectivity index (χ0n) is 10.4. The summed E-state index contributed by atoms with van der Waals surface area (Å²) in [5.74, 6) is 7.15. The van der Waals surface area contributed by atoms with Crippen molar-refractivity contribution in [1.29, 1.82) is 0 Å². The van der Waals surface area contributed by atoms with Crippen LogP contribution in [0.4, 0.5) is 0 Å². The maximum atomic E-state index is 5.62. The number of nitrogens with one attached hydrogen (secondary N) is 1. The molecule has 1 unspecified atom stereocenters. The van der Waals surface area contributed by atoms with Gasteiger partial charge in [0.05, 0.1) is 18.8 Å². The van der Waals surface area contributed by atoms with Gasteiger partial charge in [0.15, 0.2) is 0 Å². The summed E-state index contributed by atoms with van der Waals surface area (Å²) in [5.41, 5.74) is 4.64. The van der Waals surface area contributed by atoms with E-state index in [-0.39, 0.29) is 6.04 Å². The van der Waals surface area contributed by atoms with Gasteiger partial charge in [0.1, 0.15) is 11.6 Å². The van der Waals surface area contributed by atoms with Crippen molar-refractivity contribution < 1.29 is 4.74 Å². The zero-order chi connectivity index (χ0) is 13.0. The average Bonchev–Trinajstić information content (AvgIpc) is 2.40. The molecule has 0 aliphatic heterocycles. The lowest BCUT2D eigenvalue weighted by molar-refractivity contribution is 0.414. The van der Waals surface area contributed by atoms with Crippen LogP contribution >= 0.6 is 0 Å². The monoisotopic (exact) mass is 244 g/mol. The van der Waals surface area contributed by atoms with Gasteiger partial charge >= 0.3 is 0 Å². The van der Waals surface area contributed by atoms with Crippen LogP contribution in [-0.4, -0.2) is 17.1 Å². The second-order valence-electron chi connectivity index (χ2n) is 3.90. The molecule has 0 radical (unpaired) electrons. The van der Waals surface area contributed by atoms with E-state index in [0.29, 0.717) is 0 Å². The molecule has 2 rings (SSSR count). The van der Waals surface area contributed by atoms with Crippen LogP contribution in [0.1, 0.15) is 23.1 Å². The summed E-state index contributed by atoms with van der Waals surface area (Å²) in [4.78, 5) is 8.46. The Morgan fingerprint density at radius 1 is 1.22 bits per heavy atom. The minimum atomic E-state index is -0.155. The third-order valence-electron chi connectivity index (χ3n) is 2.71. The van der Waals surface area contributed by atoms with Gasteiger partial charge in [-0.3, -0.25) is 5.84 Å². The van der Waals surface area contributed by atoms with E-state index in [4.69, 9.17) is 10.6 Å². The van der Waals surface area contributed by atoms with Crippen molar-refractivity contribution in [1.82, 2.24) is 15.4 Å². The predicted octanol–water partition coefficient (Wildman–Crippen LogP) is 1.35. The molecule has 0 bridgehead atoms. The van der Waals surface area contributed by atoms with Crippen LogP contribution < -0.4 is 16.0 Å². The van der Waals surface area contributed by atoms with Crippen molar-refractivity contribution in [2.75, 3.05) is 7.11 Å². The maximum Gasteiger partial charge on any atom is 0.125 e. The van der Waals surface area contributed by atoms with Gasteiger partial charge in [-0.05, 0) is 30.7 Å². The molecule has 5 nitrogen and oxygen atoms in total. The Hall–Kier alpha value is -1.98. The van der Waals surface area contributed by atoms with Gasteiger partial charge in [-0.1, -0.05) is 12.1 Å². The third-order valence-corrected chi connectivity index (χ3v) is 2.71. The fourth-order valence-electron chi connectivity index (χ4n) is 1.78. The molecule has 0 aliphatic carbocycles. The molecule has 0 aliphatic rings. The van der Waals surface area contributed by atoms with Gasteiger partial charge in [0.25, 0.3) is 0 Å². The SMILES string of the molecule is COc1ccc(C(NN)c2ccnc(C)n2)cc1. The quantitative estimate of drug-likeness (QED) is 0.627. The second-order valence-corrected chi connectivity index (χ2v) is 3.90. The first kappa shape index (κ1) is 12.5. The highest BCUT2D eigenvalue weighted by Gasteiger charge is 2.14. The van der Waals surface area contributed by atoms with E-state index in [0.717, 1.165) is 22.8 Å². The maximum absolute atomic E-state index is 5.62. The lowest BCUT2D eigenvalue weighted by Gasteiger charge is -2.16. The summed E-state index contributed by atoms with van der Waals surface area (Å²) in [6.07, 6.45) is 1.73. The molecule has 0 fully saturated rings. The number of nitrogens with two attached hydrogens (primary N) is 1. The van der Waals surface area contributed by atoms with Crippen LogP contribution in [-0.2, 0) is 0 Å². The number of nitrogens with zero attached hydrogens (tertiary/aromatic N) is 2. The lowest BCUT2D eigenvalue weighted by Crippen LogP contribution is -2.29. The average molecular weight is 244 g/mol. The van der Waals surface area contributed by atoms with E-state index in [1.807, 2.05) is 37.3 Å². The molecule has 0 spiro atoms. The van der Waals surface area contributed by atoms with Crippen molar-refractivity contribution in [3.8, 4) is 5.75 Å². The Morgan fingerprint density at radius 2 is 1.94 bits per heavy atom. The largest absolute Gasteiger partial charge is 0.497 e. The van der Waals surface area contributed by atoms with Crippen LogP contribution in [0.15, 0.2) is 36.5 Å². The number of hydrazine groups is 1. The van der Waals surface area contributed by atoms with Crippen LogP contribution in [0, 0.1) is 6.92 Å². The highest BCUT2D eigenvalue weighted by atomic mass is 16.5. The standard InChI is InChI=1S/C13H16N4O/c1-9-15-8-7-12(16-9)13(17-14)10-3-5-11(18-2)6-4-10/h3-8,13,17H,14H2,1-2H3. The molecule has 0 saturated heterocycles. The minimum Gasteiger partial charge on any atom is -0.497 e. The van der Waals surface area contributed by atoms with Gasteiger partial charge in [-0.25, -0.2) is 15.4 Å². The number of hydrogen-bond donors (Lipinski definition) is 2. The van der Waals surface area contributed by atoms with E-state index in [9.17, 15) is 0 Å². The highest BCUT2D eigenvalue weighted by molar-refractivity contribution is 5.32. The van der Waals surface area contributed by atoms with Gasteiger partial charge in [0.2, 0.25) is 0 Å². The summed E-state index contributed by atoms with van der Waals surface area (Å²) in [6.45, 7) is 1.85. The molecular weight excluding hydrogens is 228 g/mol. The summed E-state index contributed by atoms with van der Waals surface area (Å²) < 4.78 is 5.13. The normalized spacial score (nSPS) is 12.2. The number of ether oxygens (including phenoxy) is 1. The molecule has 18 heavy (non-hydrogen) atoms. The van der Waals surface area contributed by atoms with Crippen LogP contribution in [0.5, 0.6) is 5.75 Å². The van der Waals surface area contributed by atoms with E-state index in [1.54, 1.807) is 13.3 Å². The number of aromatic nitrogens is 2. The Balaban J connectivity index is 2.32. The summed E-state index contributed by atoms with van der Waals surface area (Å²) in [7, 11) is 1.64. The second kappa shape index (κ2) is 5.57. The van der Waals surface area contributed by atoms with Crippen molar-refractivity contribution in [3.05, 3.63) is 53.6 Å². The third kappa shape index (κ3) is 2.64. The molecule has 2 aromatic rings. The number of rotatable bonds is 4. The molecule has 1 atom stereocenters. The molecule has 1 aromatic carbocycles. The van der Waals surface area contributed by atoms with E-state index < -0.39 is 0 Å². The number of methoxy groups -OCH3 is 1. The van der Waals surface area contributed by atoms with Crippen LogP contribution in [0.3, 0.4) is 0 Å². The lowest BCUT2D eigenvalue weighted by atomic mass is 10.0. The molecule has 94 valence electrons. The molecule has 5 heteroatoms. The van der Waals surface area contributed by atoms with Gasteiger partial charge in [-0.2, -0.15) is 0 Å². The van der Waals surface area contributed by atoms with Gasteiger partial charge < -0.3 is 4.74 Å². The van der Waals surface area contributed by atoms with Crippen LogP contribution in [0.25, 0.3) is 0 Å². The van der Waals surface area contributed by atoms with Gasteiger partial charge in [-0.15, -0.1) is 0 Å². The molecular formula is C13H16N4O. The number of aryl methyl sites for hydroxylation is 1. The number of hydrogen-bond acceptors (Lipinski definition) is 5. The molecule has 1 aromatic heterocycles. The van der Waals surface area contributed by atoms with Crippen LogP contribution in [0.2, 0.25) is 0 Å². The minimum absolute atomic E-state index is 0.155.